The van der Waals surface area contributed by atoms with Crippen molar-refractivity contribution in [1.82, 2.24) is 14.6 Å². The van der Waals surface area contributed by atoms with Crippen molar-refractivity contribution >= 4 is 46.6 Å². The number of hydrogen-bond donors (Lipinski definition) is 0. The first kappa shape index (κ1) is 13.7. The van der Waals surface area contributed by atoms with E-state index in [0.717, 1.165) is 16.3 Å². The molecular formula is C9H5Cl3FN3OS. The summed E-state index contributed by atoms with van der Waals surface area (Å²) in [7, 11) is 0. The topological polar surface area (TPSA) is 39.8 Å². The lowest BCUT2D eigenvalue weighted by molar-refractivity contribution is 0.296. The summed E-state index contributed by atoms with van der Waals surface area (Å²) in [6, 6.07) is 6.49. The number of aromatic nitrogens is 3. The van der Waals surface area contributed by atoms with E-state index in [0.29, 0.717) is 5.69 Å². The largest absolute Gasteiger partial charge is 0.380 e. The number of benzene rings is 1. The van der Waals surface area contributed by atoms with Crippen LogP contribution in [0.5, 0.6) is 0 Å². The first-order valence-electron chi connectivity index (χ1n) is 4.58. The molecule has 0 fully saturated rings. The molecule has 0 amide bonds. The summed E-state index contributed by atoms with van der Waals surface area (Å²) in [6.07, 6.45) is 0. The second-order valence-electron chi connectivity index (χ2n) is 3.09. The fraction of sp³-hybridized carbons (Fsp3) is 0.111. The maximum atomic E-state index is 13.2. The highest BCUT2D eigenvalue weighted by molar-refractivity contribution is 8.02. The molecule has 0 radical (unpaired) electrons. The highest BCUT2D eigenvalue weighted by Crippen LogP contribution is 2.29. The van der Waals surface area contributed by atoms with E-state index in [9.17, 15) is 9.28 Å². The van der Waals surface area contributed by atoms with Crippen molar-refractivity contribution in [3.63, 3.8) is 0 Å². The van der Waals surface area contributed by atoms with Gasteiger partial charge >= 0.3 is 5.69 Å². The van der Waals surface area contributed by atoms with Gasteiger partial charge in [-0.15, -0.1) is 5.10 Å². The summed E-state index contributed by atoms with van der Waals surface area (Å²) in [5.74, 6) is 0. The van der Waals surface area contributed by atoms with Crippen molar-refractivity contribution < 1.29 is 4.48 Å². The van der Waals surface area contributed by atoms with Crippen LogP contribution in [0.3, 0.4) is 0 Å². The molecule has 0 N–H and O–H groups in total. The van der Waals surface area contributed by atoms with Gasteiger partial charge in [0.1, 0.15) is 0 Å². The molecule has 0 saturated heterocycles. The van der Waals surface area contributed by atoms with E-state index in [1.54, 1.807) is 24.3 Å². The molecule has 18 heavy (non-hydrogen) atoms. The smallest absolute Gasteiger partial charge is 0.243 e. The molecule has 0 aliphatic carbocycles. The first-order chi connectivity index (χ1) is 8.50. The van der Waals surface area contributed by atoms with E-state index < -0.39 is 9.86 Å². The third-order valence-electron chi connectivity index (χ3n) is 2.00. The van der Waals surface area contributed by atoms with Gasteiger partial charge in [0.2, 0.25) is 5.16 Å². The lowest BCUT2D eigenvalue weighted by atomic mass is 10.3. The van der Waals surface area contributed by atoms with Crippen LogP contribution in [-0.2, 0) is 0 Å². The van der Waals surface area contributed by atoms with Crippen LogP contribution < -0.4 is 5.69 Å². The Bertz CT molecular complexity index is 628. The summed E-state index contributed by atoms with van der Waals surface area (Å²) in [6.45, 7) is 0. The quantitative estimate of drug-likeness (QED) is 0.641. The SMILES string of the molecule is O=c1n(F)nc(SC(Cl)Cl)n1-c1ccccc1Cl. The number of nitrogens with zero attached hydrogens (tertiary/aromatic N) is 3. The molecule has 1 aromatic carbocycles. The third kappa shape index (κ3) is 2.66. The van der Waals surface area contributed by atoms with Crippen molar-refractivity contribution in [1.29, 1.82) is 0 Å². The van der Waals surface area contributed by atoms with Crippen molar-refractivity contribution in [3.8, 4) is 5.69 Å². The fourth-order valence-corrected chi connectivity index (χ4v) is 2.58. The highest BCUT2D eigenvalue weighted by Gasteiger charge is 2.19. The third-order valence-corrected chi connectivity index (χ3v) is 3.51. The molecular weight excluding hydrogens is 324 g/mol. The molecule has 2 aromatic rings. The van der Waals surface area contributed by atoms with E-state index in [4.69, 9.17) is 34.8 Å². The Kier molecular flexibility index (Phi) is 4.21. The monoisotopic (exact) mass is 327 g/mol. The minimum atomic E-state index is -0.973. The summed E-state index contributed by atoms with van der Waals surface area (Å²) in [5.41, 5.74) is -0.663. The number of alkyl halides is 2. The van der Waals surface area contributed by atoms with E-state index in [1.807, 2.05) is 0 Å². The van der Waals surface area contributed by atoms with E-state index >= 15 is 0 Å². The molecule has 1 aromatic heterocycles. The predicted octanol–water partition coefficient (Wildman–Crippen LogP) is 3.27. The van der Waals surface area contributed by atoms with Crippen molar-refractivity contribution in [2.45, 2.75) is 9.32 Å². The van der Waals surface area contributed by atoms with Gasteiger partial charge in [-0.3, -0.25) is 0 Å². The molecule has 2 rings (SSSR count). The van der Waals surface area contributed by atoms with Gasteiger partial charge in [0.25, 0.3) is 0 Å². The summed E-state index contributed by atoms with van der Waals surface area (Å²) in [5, 5.41) is 3.71. The van der Waals surface area contributed by atoms with Gasteiger partial charge in [-0.25, -0.2) is 9.36 Å². The second-order valence-corrected chi connectivity index (χ2v) is 6.18. The number of para-hydroxylation sites is 1. The van der Waals surface area contributed by atoms with Crippen LogP contribution in [0.4, 0.5) is 4.48 Å². The van der Waals surface area contributed by atoms with Crippen LogP contribution in [0, 0.1) is 0 Å². The molecule has 4 nitrogen and oxygen atoms in total. The molecule has 0 spiro atoms. The summed E-state index contributed by atoms with van der Waals surface area (Å²) in [4.78, 5) is 11.4. The Balaban J connectivity index is 2.63. The van der Waals surface area contributed by atoms with Crippen LogP contribution in [0.2, 0.25) is 5.02 Å². The minimum absolute atomic E-state index is 0.0191. The number of rotatable bonds is 3. The average molecular weight is 329 g/mol. The summed E-state index contributed by atoms with van der Waals surface area (Å²) < 4.78 is 13.3. The molecule has 0 atom stereocenters. The van der Waals surface area contributed by atoms with Crippen LogP contribution in [0.25, 0.3) is 5.69 Å². The van der Waals surface area contributed by atoms with Crippen molar-refractivity contribution in [2.75, 3.05) is 0 Å². The van der Waals surface area contributed by atoms with Gasteiger partial charge in [-0.1, -0.05) is 51.4 Å². The highest BCUT2D eigenvalue weighted by atomic mass is 35.5. The van der Waals surface area contributed by atoms with Crippen LogP contribution in [0.1, 0.15) is 0 Å². The zero-order valence-electron chi connectivity index (χ0n) is 8.56. The Labute approximate surface area is 120 Å². The Hall–Kier alpha value is -0.690. The normalized spacial score (nSPS) is 11.2. The molecule has 0 saturated carbocycles. The zero-order chi connectivity index (χ0) is 13.3. The van der Waals surface area contributed by atoms with Gasteiger partial charge in [-0.2, -0.15) is 0 Å². The van der Waals surface area contributed by atoms with Gasteiger partial charge in [0.15, 0.2) is 4.17 Å². The number of thioether (sulfide) groups is 1. The first-order valence-corrected chi connectivity index (χ1v) is 6.71. The lowest BCUT2D eigenvalue weighted by Crippen LogP contribution is -2.20. The van der Waals surface area contributed by atoms with Crippen molar-refractivity contribution in [3.05, 3.63) is 39.8 Å². The Morgan fingerprint density at radius 2 is 2.00 bits per heavy atom. The zero-order valence-corrected chi connectivity index (χ0v) is 11.6. The number of halogens is 4. The van der Waals surface area contributed by atoms with E-state index in [-0.39, 0.29) is 15.1 Å². The summed E-state index contributed by atoms with van der Waals surface area (Å²) >= 11 is 17.9. The maximum absolute atomic E-state index is 13.2. The van der Waals surface area contributed by atoms with Gasteiger partial charge < -0.3 is 0 Å². The standard InChI is InChI=1S/C9H5Cl3FN3OS/c10-5-3-1-2-4-6(5)15-8(18-7(11)12)14-16(13)9(15)17/h1-4,7H. The molecule has 0 aliphatic rings. The molecule has 9 heteroatoms. The van der Waals surface area contributed by atoms with Gasteiger partial charge in [-0.05, 0) is 28.8 Å². The Morgan fingerprint density at radius 1 is 1.33 bits per heavy atom. The van der Waals surface area contributed by atoms with E-state index in [2.05, 4.69) is 5.10 Å². The molecule has 0 bridgehead atoms. The van der Waals surface area contributed by atoms with Crippen LogP contribution in [-0.4, -0.2) is 18.7 Å². The van der Waals surface area contributed by atoms with Crippen molar-refractivity contribution in [2.24, 2.45) is 0 Å². The van der Waals surface area contributed by atoms with Crippen LogP contribution >= 0.6 is 46.6 Å². The predicted molar refractivity (Wildman–Crippen MR) is 70.7 cm³/mol. The average Bonchev–Trinajstić information content (AvgIpc) is 2.55. The molecule has 0 unspecified atom stereocenters. The molecule has 0 aliphatic heterocycles. The maximum Gasteiger partial charge on any atom is 0.380 e. The second kappa shape index (κ2) is 5.52. The van der Waals surface area contributed by atoms with Crippen LogP contribution in [0.15, 0.2) is 34.2 Å². The Morgan fingerprint density at radius 3 is 2.61 bits per heavy atom. The number of hydrogen-bond acceptors (Lipinski definition) is 3. The molecule has 96 valence electrons. The van der Waals surface area contributed by atoms with Gasteiger partial charge in [0, 0.05) is 0 Å². The lowest BCUT2D eigenvalue weighted by Gasteiger charge is -2.06. The minimum Gasteiger partial charge on any atom is -0.243 e. The fourth-order valence-electron chi connectivity index (χ4n) is 1.32. The molecule has 1 heterocycles. The van der Waals surface area contributed by atoms with E-state index in [1.165, 1.54) is 0 Å². The van der Waals surface area contributed by atoms with Gasteiger partial charge in [0.05, 0.1) is 10.7 Å².